The summed E-state index contributed by atoms with van der Waals surface area (Å²) in [5.41, 5.74) is 0.748. The highest BCUT2D eigenvalue weighted by Gasteiger charge is 2.32. The predicted octanol–water partition coefficient (Wildman–Crippen LogP) is 2.46. The minimum atomic E-state index is -1.03. The fourth-order valence-corrected chi connectivity index (χ4v) is 3.50. The summed E-state index contributed by atoms with van der Waals surface area (Å²) in [6.07, 6.45) is 3.19. The molecule has 1 heterocycles. The van der Waals surface area contributed by atoms with Crippen LogP contribution in [0.25, 0.3) is 0 Å². The quantitative estimate of drug-likeness (QED) is 0.480. The van der Waals surface area contributed by atoms with Crippen molar-refractivity contribution in [2.45, 2.75) is 16.6 Å². The third-order valence-corrected chi connectivity index (χ3v) is 4.90. The summed E-state index contributed by atoms with van der Waals surface area (Å²) in [5.74, 6) is -1.40. The molecule has 1 aromatic carbocycles. The summed E-state index contributed by atoms with van der Waals surface area (Å²) in [6, 6.07) is 5.52. The number of hydrogen-bond donors (Lipinski definition) is 2. The molecule has 1 unspecified atom stereocenters. The monoisotopic (exact) mass is 357 g/mol. The van der Waals surface area contributed by atoms with Gasteiger partial charge in [-0.05, 0) is 18.4 Å². The number of nitrogens with one attached hydrogen (secondary N) is 1. The Morgan fingerprint density at radius 3 is 3.05 bits per heavy atom. The Morgan fingerprint density at radius 1 is 1.59 bits per heavy atom. The number of hydrogen-bond acceptors (Lipinski definition) is 6. The zero-order chi connectivity index (χ0) is 16.1. The zero-order valence-corrected chi connectivity index (χ0v) is 13.8. The van der Waals surface area contributed by atoms with Gasteiger partial charge in [0, 0.05) is 10.5 Å². The number of carbonyl (C=O) groups is 2. The molecule has 6 nitrogen and oxygen atoms in total. The number of carboxylic acid groups (broad SMARTS) is 1. The summed E-state index contributed by atoms with van der Waals surface area (Å²) in [7, 11) is 0. The molecule has 0 radical (unpaired) electrons. The van der Waals surface area contributed by atoms with Crippen LogP contribution < -0.4 is 5.32 Å². The Bertz CT molecular complexity index is 664. The maximum Gasteiger partial charge on any atom is 0.305 e. The number of amides is 1. The van der Waals surface area contributed by atoms with Gasteiger partial charge in [-0.3, -0.25) is 9.59 Å². The van der Waals surface area contributed by atoms with E-state index >= 15 is 0 Å². The van der Waals surface area contributed by atoms with Crippen LogP contribution in [0.5, 0.6) is 0 Å². The summed E-state index contributed by atoms with van der Waals surface area (Å²) >= 11 is 8.70. The lowest BCUT2D eigenvalue weighted by atomic mass is 10.2. The molecule has 2 rings (SSSR count). The molecular weight excluding hydrogens is 346 g/mol. The molecule has 22 heavy (non-hydrogen) atoms. The molecule has 0 saturated carbocycles. The normalized spacial score (nSPS) is 19.8. The van der Waals surface area contributed by atoms with Gasteiger partial charge in [0.1, 0.15) is 5.25 Å². The highest BCUT2D eigenvalue weighted by Crippen LogP contribution is 2.26. The molecule has 0 spiro atoms. The molecule has 9 heteroatoms. The first-order chi connectivity index (χ1) is 10.5. The third kappa shape index (κ3) is 4.25. The van der Waals surface area contributed by atoms with Crippen LogP contribution in [-0.4, -0.2) is 39.9 Å². The van der Waals surface area contributed by atoms with E-state index < -0.39 is 11.2 Å². The predicted molar refractivity (Wildman–Crippen MR) is 90.0 cm³/mol. The smallest absolute Gasteiger partial charge is 0.305 e. The second-order valence-corrected chi connectivity index (χ2v) is 6.65. The Balaban J connectivity index is 2.10. The highest BCUT2D eigenvalue weighted by atomic mass is 35.5. The number of amidine groups is 1. The van der Waals surface area contributed by atoms with Gasteiger partial charge >= 0.3 is 5.97 Å². The Morgan fingerprint density at radius 2 is 2.36 bits per heavy atom. The number of aliphatic carboxylic acids is 1. The lowest BCUT2D eigenvalue weighted by molar-refractivity contribution is -0.138. The molecule has 0 aromatic heterocycles. The highest BCUT2D eigenvalue weighted by molar-refractivity contribution is 8.15. The Kier molecular flexibility index (Phi) is 5.87. The molecule has 1 aliphatic heterocycles. The third-order valence-electron chi connectivity index (χ3n) is 2.70. The van der Waals surface area contributed by atoms with Crippen molar-refractivity contribution in [1.82, 2.24) is 5.32 Å². The van der Waals surface area contributed by atoms with Gasteiger partial charge in [-0.2, -0.15) is 5.10 Å². The minimum Gasteiger partial charge on any atom is -0.481 e. The fourth-order valence-electron chi connectivity index (χ4n) is 1.70. The van der Waals surface area contributed by atoms with E-state index in [-0.39, 0.29) is 17.5 Å². The number of thioether (sulfide) groups is 2. The van der Waals surface area contributed by atoms with Crippen molar-refractivity contribution in [2.75, 3.05) is 6.26 Å². The van der Waals surface area contributed by atoms with Gasteiger partial charge in [-0.25, -0.2) is 0 Å². The van der Waals surface area contributed by atoms with Gasteiger partial charge in [0.15, 0.2) is 5.17 Å². The summed E-state index contributed by atoms with van der Waals surface area (Å²) in [4.78, 5) is 23.2. The van der Waals surface area contributed by atoms with Gasteiger partial charge < -0.3 is 10.4 Å². The molecule has 2 N–H and O–H groups in total. The van der Waals surface area contributed by atoms with Crippen LogP contribution >= 0.6 is 35.1 Å². The van der Waals surface area contributed by atoms with Crippen LogP contribution in [-0.2, 0) is 9.59 Å². The second-order valence-electron chi connectivity index (χ2n) is 4.20. The number of carboxylic acids is 1. The van der Waals surface area contributed by atoms with Crippen LogP contribution in [0, 0.1) is 0 Å². The zero-order valence-electron chi connectivity index (χ0n) is 11.4. The molecule has 1 saturated heterocycles. The molecule has 1 fully saturated rings. The van der Waals surface area contributed by atoms with Crippen molar-refractivity contribution in [2.24, 2.45) is 10.2 Å². The van der Waals surface area contributed by atoms with E-state index in [1.807, 2.05) is 18.4 Å². The lowest BCUT2D eigenvalue weighted by Gasteiger charge is -2.03. The standard InChI is InChI=1S/C13H12ClN3O3S2/c1-21-9-4-2-3-8(14)7(9)6-15-17-13-16-12(20)10(22-13)5-11(18)19/h2-4,6,10H,5H2,1H3,(H,18,19)(H,16,17,20). The first-order valence-corrected chi connectivity index (χ1v) is 8.62. The molecule has 116 valence electrons. The molecule has 1 amide bonds. The van der Waals surface area contributed by atoms with Crippen molar-refractivity contribution in [3.8, 4) is 0 Å². The van der Waals surface area contributed by atoms with Crippen molar-refractivity contribution >= 4 is 58.4 Å². The van der Waals surface area contributed by atoms with E-state index in [9.17, 15) is 9.59 Å². The van der Waals surface area contributed by atoms with Crippen LogP contribution in [0.1, 0.15) is 12.0 Å². The number of nitrogens with zero attached hydrogens (tertiary/aromatic N) is 2. The van der Waals surface area contributed by atoms with E-state index in [4.69, 9.17) is 16.7 Å². The summed E-state index contributed by atoms with van der Waals surface area (Å²) < 4.78 is 0. The SMILES string of the molecule is CSc1cccc(Cl)c1C=NN=C1NC(=O)C(CC(=O)O)S1. The number of carbonyl (C=O) groups excluding carboxylic acids is 1. The van der Waals surface area contributed by atoms with Crippen molar-refractivity contribution in [3.63, 3.8) is 0 Å². The Hall–Kier alpha value is -1.51. The van der Waals surface area contributed by atoms with Crippen molar-refractivity contribution in [1.29, 1.82) is 0 Å². The van der Waals surface area contributed by atoms with Crippen molar-refractivity contribution < 1.29 is 14.7 Å². The molecule has 1 aliphatic rings. The van der Waals surface area contributed by atoms with E-state index in [2.05, 4.69) is 15.5 Å². The second kappa shape index (κ2) is 7.66. The van der Waals surface area contributed by atoms with E-state index in [1.54, 1.807) is 6.07 Å². The minimum absolute atomic E-state index is 0.250. The van der Waals surface area contributed by atoms with E-state index in [0.717, 1.165) is 22.2 Å². The Labute approximate surface area is 140 Å². The van der Waals surface area contributed by atoms with Gasteiger partial charge in [-0.1, -0.05) is 29.4 Å². The number of benzene rings is 1. The molecule has 0 aliphatic carbocycles. The number of rotatable bonds is 5. The average molecular weight is 358 g/mol. The maximum absolute atomic E-state index is 11.6. The molecule has 1 aromatic rings. The van der Waals surface area contributed by atoms with Crippen LogP contribution in [0.15, 0.2) is 33.3 Å². The first-order valence-electron chi connectivity index (χ1n) is 6.14. The van der Waals surface area contributed by atoms with Crippen LogP contribution in [0.4, 0.5) is 0 Å². The fraction of sp³-hybridized carbons (Fsp3) is 0.231. The van der Waals surface area contributed by atoms with Crippen LogP contribution in [0.3, 0.4) is 0 Å². The number of halogens is 1. The van der Waals surface area contributed by atoms with Crippen LogP contribution in [0.2, 0.25) is 5.02 Å². The molecular formula is C13H12ClN3O3S2. The summed E-state index contributed by atoms with van der Waals surface area (Å²) in [5, 5.41) is 19.2. The summed E-state index contributed by atoms with van der Waals surface area (Å²) in [6.45, 7) is 0. The van der Waals surface area contributed by atoms with Crippen molar-refractivity contribution in [3.05, 3.63) is 28.8 Å². The maximum atomic E-state index is 11.6. The van der Waals surface area contributed by atoms with E-state index in [1.165, 1.54) is 18.0 Å². The largest absolute Gasteiger partial charge is 0.481 e. The lowest BCUT2D eigenvalue weighted by Crippen LogP contribution is -2.26. The van der Waals surface area contributed by atoms with Gasteiger partial charge in [0.2, 0.25) is 5.91 Å². The van der Waals surface area contributed by atoms with E-state index in [0.29, 0.717) is 5.02 Å². The topological polar surface area (TPSA) is 91.1 Å². The first kappa shape index (κ1) is 16.9. The molecule has 0 bridgehead atoms. The van der Waals surface area contributed by atoms with Gasteiger partial charge in [0.05, 0.1) is 17.7 Å². The van der Waals surface area contributed by atoms with Gasteiger partial charge in [0.25, 0.3) is 0 Å². The molecule has 1 atom stereocenters. The van der Waals surface area contributed by atoms with Gasteiger partial charge in [-0.15, -0.1) is 16.9 Å². The average Bonchev–Trinajstić information content (AvgIpc) is 2.80.